The predicted molar refractivity (Wildman–Crippen MR) is 154 cm³/mol. The summed E-state index contributed by atoms with van der Waals surface area (Å²) in [7, 11) is 0. The fourth-order valence-electron chi connectivity index (χ4n) is 2.94. The van der Waals surface area contributed by atoms with E-state index in [-0.39, 0.29) is 61.5 Å². The van der Waals surface area contributed by atoms with Crippen LogP contribution >= 0.6 is 0 Å². The number of carbonyl (C=O) groups excluding carboxylic acids is 2. The molecular weight excluding hydrogens is 468 g/mol. The molecule has 0 aliphatic carbocycles. The lowest BCUT2D eigenvalue weighted by atomic mass is 9.78. The first-order valence-corrected chi connectivity index (χ1v) is 10.7. The van der Waals surface area contributed by atoms with Crippen LogP contribution in [0.5, 0.6) is 11.5 Å². The van der Waals surface area contributed by atoms with Crippen molar-refractivity contribution in [2.75, 3.05) is 26.4 Å². The van der Waals surface area contributed by atoms with Crippen LogP contribution in [0.3, 0.4) is 0 Å². The van der Waals surface area contributed by atoms with Crippen molar-refractivity contribution in [1.29, 1.82) is 0 Å². The van der Waals surface area contributed by atoms with Gasteiger partial charge in [-0.2, -0.15) is 0 Å². The summed E-state index contributed by atoms with van der Waals surface area (Å²) in [5, 5.41) is 0. The molecule has 208 valence electrons. The molecule has 0 unspecified atom stereocenters. The Bertz CT molecular complexity index is 892. The maximum Gasteiger partial charge on any atom is 0.333 e. The van der Waals surface area contributed by atoms with Crippen molar-refractivity contribution < 1.29 is 28.5 Å². The number of rotatable bonds is 12. The average molecular weight is 517 g/mol. The molecule has 0 spiro atoms. The van der Waals surface area contributed by atoms with E-state index in [0.717, 1.165) is 11.1 Å². The van der Waals surface area contributed by atoms with Gasteiger partial charge in [-0.1, -0.05) is 81.0 Å². The van der Waals surface area contributed by atoms with Crippen LogP contribution in [0.15, 0.2) is 72.8 Å². The average Bonchev–Trinajstić information content (AvgIpc) is 2.79. The zero-order valence-corrected chi connectivity index (χ0v) is 19.8. The lowest BCUT2D eigenvalue weighted by Gasteiger charge is -2.26. The summed E-state index contributed by atoms with van der Waals surface area (Å²) in [6, 6.07) is 15.7. The van der Waals surface area contributed by atoms with Gasteiger partial charge < -0.3 is 18.9 Å². The molecule has 2 aromatic rings. The molecule has 0 N–H and O–H groups in total. The van der Waals surface area contributed by atoms with Crippen molar-refractivity contribution in [2.45, 2.75) is 62.8 Å². The van der Waals surface area contributed by atoms with Crippen molar-refractivity contribution in [3.63, 3.8) is 0 Å². The van der Waals surface area contributed by atoms with Gasteiger partial charge in [0, 0.05) is 16.6 Å². The zero-order valence-electron chi connectivity index (χ0n) is 19.8. The molecule has 2 rings (SSSR count). The fraction of sp³-hybridized carbons (Fsp3) is 0.419. The molecule has 0 fully saturated rings. The van der Waals surface area contributed by atoms with Crippen molar-refractivity contribution in [3.8, 4) is 11.5 Å². The molecule has 0 aliphatic heterocycles. The van der Waals surface area contributed by atoms with Crippen LogP contribution in [-0.2, 0) is 24.5 Å². The van der Waals surface area contributed by atoms with Gasteiger partial charge in [-0.05, 0) is 49.2 Å². The third-order valence-corrected chi connectivity index (χ3v) is 5.02. The summed E-state index contributed by atoms with van der Waals surface area (Å²) < 4.78 is 21.3. The Morgan fingerprint density at radius 3 is 1.19 bits per heavy atom. The topological polar surface area (TPSA) is 71.1 Å². The van der Waals surface area contributed by atoms with E-state index in [1.807, 2.05) is 48.5 Å². The Hall–Kier alpha value is -3.54. The van der Waals surface area contributed by atoms with Crippen molar-refractivity contribution in [3.05, 3.63) is 84.0 Å². The molecule has 0 aliphatic rings. The van der Waals surface area contributed by atoms with Crippen molar-refractivity contribution in [2.24, 2.45) is 0 Å². The SMILES string of the molecule is C.C.C.C.C=C(C)C(=O)OCCOc1ccc(C(C)(C)c2ccc(OCCOC(=O)C(=C)C)cc2)cc1. The number of ether oxygens (including phenoxy) is 4. The van der Waals surface area contributed by atoms with E-state index in [2.05, 4.69) is 27.0 Å². The van der Waals surface area contributed by atoms with Gasteiger partial charge >= 0.3 is 11.9 Å². The van der Waals surface area contributed by atoms with E-state index >= 15 is 0 Å². The van der Waals surface area contributed by atoms with Crippen LogP contribution in [0.2, 0.25) is 0 Å². The highest BCUT2D eigenvalue weighted by Crippen LogP contribution is 2.33. The third kappa shape index (κ3) is 11.8. The molecule has 0 amide bonds. The van der Waals surface area contributed by atoms with Crippen LogP contribution in [0, 0.1) is 0 Å². The van der Waals surface area contributed by atoms with E-state index in [1.165, 1.54) is 0 Å². The van der Waals surface area contributed by atoms with Gasteiger partial charge in [-0.3, -0.25) is 0 Å². The first kappa shape index (κ1) is 38.0. The summed E-state index contributed by atoms with van der Waals surface area (Å²) in [5.41, 5.74) is 2.76. The zero-order chi connectivity index (χ0) is 24.4. The molecule has 6 heteroatoms. The van der Waals surface area contributed by atoms with Gasteiger partial charge in [-0.25, -0.2) is 9.59 Å². The van der Waals surface area contributed by atoms with Crippen LogP contribution in [-0.4, -0.2) is 38.4 Å². The minimum Gasteiger partial charge on any atom is -0.490 e. The molecule has 0 bridgehead atoms. The predicted octanol–water partition coefficient (Wildman–Crippen LogP) is 7.55. The van der Waals surface area contributed by atoms with Crippen LogP contribution < -0.4 is 9.47 Å². The maximum atomic E-state index is 11.4. The van der Waals surface area contributed by atoms with Gasteiger partial charge in [0.1, 0.15) is 37.9 Å². The van der Waals surface area contributed by atoms with Gasteiger partial charge in [-0.15, -0.1) is 0 Å². The minimum atomic E-state index is -0.418. The van der Waals surface area contributed by atoms with Gasteiger partial charge in [0.25, 0.3) is 0 Å². The summed E-state index contributed by atoms with van der Waals surface area (Å²) >= 11 is 0. The summed E-state index contributed by atoms with van der Waals surface area (Å²) in [6.45, 7) is 15.5. The van der Waals surface area contributed by atoms with Crippen LogP contribution in [0.25, 0.3) is 0 Å². The Morgan fingerprint density at radius 2 is 0.919 bits per heavy atom. The molecular formula is C31H48O6. The normalized spacial score (nSPS) is 9.62. The Labute approximate surface area is 225 Å². The highest BCUT2D eigenvalue weighted by atomic mass is 16.6. The van der Waals surface area contributed by atoms with Crippen molar-refractivity contribution >= 4 is 11.9 Å². The number of benzene rings is 2. The number of hydrogen-bond donors (Lipinski definition) is 0. The highest BCUT2D eigenvalue weighted by molar-refractivity contribution is 5.87. The van der Waals surface area contributed by atoms with Gasteiger partial charge in [0.2, 0.25) is 0 Å². The quantitative estimate of drug-likeness (QED) is 0.165. The summed E-state index contributed by atoms with van der Waals surface area (Å²) in [6.07, 6.45) is 0. The summed E-state index contributed by atoms with van der Waals surface area (Å²) in [4.78, 5) is 22.7. The maximum absolute atomic E-state index is 11.4. The first-order chi connectivity index (χ1) is 15.6. The Kier molecular flexibility index (Phi) is 18.3. The molecule has 0 aromatic heterocycles. The molecule has 0 radical (unpaired) electrons. The third-order valence-electron chi connectivity index (χ3n) is 5.02. The lowest BCUT2D eigenvalue weighted by molar-refractivity contribution is -0.140. The second-order valence-electron chi connectivity index (χ2n) is 8.20. The second kappa shape index (κ2) is 17.8. The van der Waals surface area contributed by atoms with E-state index in [9.17, 15) is 9.59 Å². The standard InChI is InChI=1S/C27H32O6.4CH4/c1-19(2)25(28)32-17-15-30-23-11-7-21(8-12-23)27(5,6)22-9-13-24(14-10-22)31-16-18-33-26(29)20(3)4;;;;/h7-14H,1,3,15-18H2,2,4-6H3;4*1H4. The van der Waals surface area contributed by atoms with Gasteiger partial charge in [0.15, 0.2) is 0 Å². The molecule has 0 atom stereocenters. The van der Waals surface area contributed by atoms with Crippen LogP contribution in [0.4, 0.5) is 0 Å². The molecule has 6 nitrogen and oxygen atoms in total. The first-order valence-electron chi connectivity index (χ1n) is 10.7. The molecule has 0 saturated heterocycles. The minimum absolute atomic E-state index is 0. The summed E-state index contributed by atoms with van der Waals surface area (Å²) in [5.74, 6) is 0.575. The van der Waals surface area contributed by atoms with E-state index in [1.54, 1.807) is 13.8 Å². The Balaban J connectivity index is -0.00000289. The van der Waals surface area contributed by atoms with E-state index in [0.29, 0.717) is 22.6 Å². The van der Waals surface area contributed by atoms with E-state index in [4.69, 9.17) is 18.9 Å². The smallest absolute Gasteiger partial charge is 0.333 e. The van der Waals surface area contributed by atoms with Gasteiger partial charge in [0.05, 0.1) is 0 Å². The molecule has 2 aromatic carbocycles. The lowest BCUT2D eigenvalue weighted by Crippen LogP contribution is -2.19. The largest absolute Gasteiger partial charge is 0.490 e. The molecule has 0 saturated carbocycles. The van der Waals surface area contributed by atoms with E-state index < -0.39 is 11.9 Å². The number of carbonyl (C=O) groups is 2. The number of hydrogen-bond acceptors (Lipinski definition) is 6. The van der Waals surface area contributed by atoms with Crippen molar-refractivity contribution in [1.82, 2.24) is 0 Å². The second-order valence-corrected chi connectivity index (χ2v) is 8.20. The fourth-order valence-corrected chi connectivity index (χ4v) is 2.94. The molecule has 37 heavy (non-hydrogen) atoms. The monoisotopic (exact) mass is 516 g/mol. The highest BCUT2D eigenvalue weighted by Gasteiger charge is 2.23. The molecule has 0 heterocycles. The van der Waals surface area contributed by atoms with Crippen LogP contribution in [0.1, 0.15) is 68.5 Å². The Morgan fingerprint density at radius 1 is 0.622 bits per heavy atom. The number of esters is 2.